The van der Waals surface area contributed by atoms with E-state index in [1.54, 1.807) is 6.08 Å². The molecule has 1 fully saturated rings. The highest BCUT2D eigenvalue weighted by atomic mass is 16.1. The zero-order chi connectivity index (χ0) is 9.14. The summed E-state index contributed by atoms with van der Waals surface area (Å²) in [4.78, 5) is 11.2. The summed E-state index contributed by atoms with van der Waals surface area (Å²) in [7, 11) is 0. The van der Waals surface area contributed by atoms with Crippen LogP contribution < -0.4 is 5.32 Å². The average molecular weight is 167 g/mol. The van der Waals surface area contributed by atoms with E-state index in [4.69, 9.17) is 0 Å². The van der Waals surface area contributed by atoms with Crippen LogP contribution in [0.15, 0.2) is 11.6 Å². The van der Waals surface area contributed by atoms with E-state index in [1.165, 1.54) is 18.4 Å². The maximum absolute atomic E-state index is 11.2. The van der Waals surface area contributed by atoms with E-state index in [0.717, 1.165) is 0 Å². The topological polar surface area (TPSA) is 29.1 Å². The second-order valence-electron chi connectivity index (χ2n) is 3.83. The van der Waals surface area contributed by atoms with Gasteiger partial charge in [0, 0.05) is 12.1 Å². The molecule has 68 valence electrons. The number of allylic oxidation sites excluding steroid dienone is 1. The number of nitrogens with one attached hydrogen (secondary N) is 1. The molecule has 2 heteroatoms. The highest BCUT2D eigenvalue weighted by molar-refractivity contribution is 5.88. The molecule has 1 aliphatic rings. The van der Waals surface area contributed by atoms with Crippen LogP contribution in [0.25, 0.3) is 0 Å². The standard InChI is InChI=1S/C10H17NO/c1-7(2)11-10(12)6-8(3)9-4-5-9/h6-7,9H,4-5H2,1-3H3,(H,11,12)/b8-6-. The van der Waals surface area contributed by atoms with Crippen LogP contribution in [0.4, 0.5) is 0 Å². The first-order valence-electron chi connectivity index (χ1n) is 4.58. The van der Waals surface area contributed by atoms with Crippen molar-refractivity contribution < 1.29 is 4.79 Å². The lowest BCUT2D eigenvalue weighted by molar-refractivity contribution is -0.117. The number of hydrogen-bond donors (Lipinski definition) is 1. The van der Waals surface area contributed by atoms with Crippen molar-refractivity contribution in [1.82, 2.24) is 5.32 Å². The predicted molar refractivity (Wildman–Crippen MR) is 49.8 cm³/mol. The molecule has 1 aliphatic carbocycles. The van der Waals surface area contributed by atoms with Crippen LogP contribution in [-0.2, 0) is 4.79 Å². The zero-order valence-corrected chi connectivity index (χ0v) is 8.05. The fraction of sp³-hybridized carbons (Fsp3) is 0.700. The Balaban J connectivity index is 2.37. The number of amides is 1. The Kier molecular flexibility index (Phi) is 2.90. The average Bonchev–Trinajstić information content (AvgIpc) is 2.63. The summed E-state index contributed by atoms with van der Waals surface area (Å²) in [6.07, 6.45) is 4.26. The minimum atomic E-state index is 0.0504. The van der Waals surface area contributed by atoms with Crippen molar-refractivity contribution in [2.24, 2.45) is 5.92 Å². The van der Waals surface area contributed by atoms with Gasteiger partial charge in [-0.2, -0.15) is 0 Å². The number of carbonyl (C=O) groups is 1. The molecular formula is C10H17NO. The SMILES string of the molecule is C/C(=C/C(=O)NC(C)C)C1CC1. The predicted octanol–water partition coefficient (Wildman–Crippen LogP) is 1.87. The molecule has 0 aromatic heterocycles. The van der Waals surface area contributed by atoms with Gasteiger partial charge in [0.15, 0.2) is 0 Å². The Hall–Kier alpha value is -0.790. The summed E-state index contributed by atoms with van der Waals surface area (Å²) in [5.41, 5.74) is 1.23. The monoisotopic (exact) mass is 167 g/mol. The zero-order valence-electron chi connectivity index (χ0n) is 8.05. The molecule has 0 bridgehead atoms. The summed E-state index contributed by atoms with van der Waals surface area (Å²) in [6, 6.07) is 0.237. The summed E-state index contributed by atoms with van der Waals surface area (Å²) >= 11 is 0. The summed E-state index contributed by atoms with van der Waals surface area (Å²) in [5.74, 6) is 0.748. The molecule has 0 aromatic rings. The molecule has 12 heavy (non-hydrogen) atoms. The van der Waals surface area contributed by atoms with Crippen molar-refractivity contribution in [2.45, 2.75) is 39.7 Å². The molecule has 0 unspecified atom stereocenters. The normalized spacial score (nSPS) is 18.2. The lowest BCUT2D eigenvalue weighted by atomic mass is 10.2. The van der Waals surface area contributed by atoms with Gasteiger partial charge in [0.25, 0.3) is 0 Å². The lowest BCUT2D eigenvalue weighted by Crippen LogP contribution is -2.28. The van der Waals surface area contributed by atoms with Gasteiger partial charge in [-0.15, -0.1) is 0 Å². The first-order chi connectivity index (χ1) is 5.59. The molecule has 1 saturated carbocycles. The fourth-order valence-electron chi connectivity index (χ4n) is 1.19. The van der Waals surface area contributed by atoms with Gasteiger partial charge >= 0.3 is 0 Å². The highest BCUT2D eigenvalue weighted by Crippen LogP contribution is 2.35. The second-order valence-corrected chi connectivity index (χ2v) is 3.83. The van der Waals surface area contributed by atoms with Crippen LogP contribution >= 0.6 is 0 Å². The molecule has 0 atom stereocenters. The van der Waals surface area contributed by atoms with Gasteiger partial charge in [0.05, 0.1) is 0 Å². The van der Waals surface area contributed by atoms with Crippen LogP contribution in [0.5, 0.6) is 0 Å². The highest BCUT2D eigenvalue weighted by Gasteiger charge is 2.23. The Morgan fingerprint density at radius 3 is 2.50 bits per heavy atom. The molecular weight excluding hydrogens is 150 g/mol. The molecule has 0 aromatic carbocycles. The van der Waals surface area contributed by atoms with E-state index in [2.05, 4.69) is 5.32 Å². The third-order valence-electron chi connectivity index (χ3n) is 2.01. The molecule has 1 N–H and O–H groups in total. The first kappa shape index (κ1) is 9.30. The van der Waals surface area contributed by atoms with Crippen LogP contribution in [0.1, 0.15) is 33.6 Å². The van der Waals surface area contributed by atoms with E-state index in [1.807, 2.05) is 20.8 Å². The van der Waals surface area contributed by atoms with Gasteiger partial charge < -0.3 is 5.32 Å². The molecule has 0 spiro atoms. The molecule has 1 rings (SSSR count). The second kappa shape index (κ2) is 3.74. The first-order valence-corrected chi connectivity index (χ1v) is 4.58. The minimum absolute atomic E-state index is 0.0504. The van der Waals surface area contributed by atoms with E-state index in [0.29, 0.717) is 5.92 Å². The Morgan fingerprint density at radius 2 is 2.08 bits per heavy atom. The molecule has 0 saturated heterocycles. The van der Waals surface area contributed by atoms with Crippen molar-refractivity contribution in [3.63, 3.8) is 0 Å². The third-order valence-corrected chi connectivity index (χ3v) is 2.01. The van der Waals surface area contributed by atoms with Crippen LogP contribution in [0.3, 0.4) is 0 Å². The maximum atomic E-state index is 11.2. The van der Waals surface area contributed by atoms with Gasteiger partial charge in [0.2, 0.25) is 5.91 Å². The Bertz CT molecular complexity index is 202. The Labute approximate surface area is 74.0 Å². The van der Waals surface area contributed by atoms with E-state index in [-0.39, 0.29) is 11.9 Å². The van der Waals surface area contributed by atoms with Crippen molar-refractivity contribution in [3.8, 4) is 0 Å². The molecule has 1 amide bonds. The van der Waals surface area contributed by atoms with E-state index < -0.39 is 0 Å². The van der Waals surface area contributed by atoms with Crippen LogP contribution in [0.2, 0.25) is 0 Å². The van der Waals surface area contributed by atoms with Crippen molar-refractivity contribution in [3.05, 3.63) is 11.6 Å². The molecule has 2 nitrogen and oxygen atoms in total. The van der Waals surface area contributed by atoms with Crippen molar-refractivity contribution >= 4 is 5.91 Å². The largest absolute Gasteiger partial charge is 0.350 e. The smallest absolute Gasteiger partial charge is 0.244 e. The third kappa shape index (κ3) is 3.07. The summed E-state index contributed by atoms with van der Waals surface area (Å²) < 4.78 is 0. The minimum Gasteiger partial charge on any atom is -0.350 e. The van der Waals surface area contributed by atoms with Gasteiger partial charge in [-0.1, -0.05) is 5.57 Å². The van der Waals surface area contributed by atoms with Gasteiger partial charge in [-0.25, -0.2) is 0 Å². The fourth-order valence-corrected chi connectivity index (χ4v) is 1.19. The van der Waals surface area contributed by atoms with Crippen LogP contribution in [0, 0.1) is 5.92 Å². The van der Waals surface area contributed by atoms with Gasteiger partial charge in [-0.05, 0) is 39.5 Å². The molecule has 0 heterocycles. The summed E-state index contributed by atoms with van der Waals surface area (Å²) in [5, 5.41) is 2.84. The number of hydrogen-bond acceptors (Lipinski definition) is 1. The summed E-state index contributed by atoms with van der Waals surface area (Å²) in [6.45, 7) is 5.98. The molecule has 0 aliphatic heterocycles. The van der Waals surface area contributed by atoms with Gasteiger partial charge in [0.1, 0.15) is 0 Å². The van der Waals surface area contributed by atoms with Crippen molar-refractivity contribution in [1.29, 1.82) is 0 Å². The maximum Gasteiger partial charge on any atom is 0.244 e. The van der Waals surface area contributed by atoms with Gasteiger partial charge in [-0.3, -0.25) is 4.79 Å². The molecule has 0 radical (unpaired) electrons. The van der Waals surface area contributed by atoms with E-state index in [9.17, 15) is 4.79 Å². The van der Waals surface area contributed by atoms with E-state index >= 15 is 0 Å². The van der Waals surface area contributed by atoms with Crippen molar-refractivity contribution in [2.75, 3.05) is 0 Å². The lowest BCUT2D eigenvalue weighted by Gasteiger charge is -2.05. The van der Waals surface area contributed by atoms with Crippen LogP contribution in [-0.4, -0.2) is 11.9 Å². The quantitative estimate of drug-likeness (QED) is 0.639. The number of carbonyl (C=O) groups excluding carboxylic acids is 1. The Morgan fingerprint density at radius 1 is 1.50 bits per heavy atom. The number of rotatable bonds is 3.